The summed E-state index contributed by atoms with van der Waals surface area (Å²) in [5.41, 5.74) is 6.19. The molecule has 0 saturated heterocycles. The highest BCUT2D eigenvalue weighted by Crippen LogP contribution is 2.15. The van der Waals surface area contributed by atoms with Crippen molar-refractivity contribution in [2.24, 2.45) is 5.73 Å². The first-order chi connectivity index (χ1) is 7.29. The highest BCUT2D eigenvalue weighted by molar-refractivity contribution is 5.21. The molecule has 3 nitrogen and oxygen atoms in total. The molecule has 4 heteroatoms. The zero-order valence-corrected chi connectivity index (χ0v) is 8.87. The van der Waals surface area contributed by atoms with Crippen molar-refractivity contribution in [3.63, 3.8) is 0 Å². The highest BCUT2D eigenvalue weighted by Gasteiger charge is 2.12. The maximum atomic E-state index is 13.4. The molecule has 0 aliphatic rings. The standard InChI is InChI=1S/C11H17FN2O/c1-15-7-6-14-11(8-13)9-4-2-3-5-10(9)12/h2-5,11,14H,6-8,13H2,1H3. The van der Waals surface area contributed by atoms with Crippen LogP contribution in [0.4, 0.5) is 4.39 Å². The van der Waals surface area contributed by atoms with Crippen LogP contribution in [0.25, 0.3) is 0 Å². The molecule has 0 bridgehead atoms. The Kier molecular flexibility index (Phi) is 5.25. The number of halogens is 1. The lowest BCUT2D eigenvalue weighted by atomic mass is 10.1. The molecular weight excluding hydrogens is 195 g/mol. The molecule has 0 aliphatic heterocycles. The van der Waals surface area contributed by atoms with Crippen LogP contribution < -0.4 is 11.1 Å². The van der Waals surface area contributed by atoms with Gasteiger partial charge in [-0.2, -0.15) is 0 Å². The molecule has 0 aliphatic carbocycles. The SMILES string of the molecule is COCCNC(CN)c1ccccc1F. The van der Waals surface area contributed by atoms with E-state index in [0.717, 1.165) is 0 Å². The van der Waals surface area contributed by atoms with E-state index in [9.17, 15) is 4.39 Å². The highest BCUT2D eigenvalue weighted by atomic mass is 19.1. The van der Waals surface area contributed by atoms with Crippen molar-refractivity contribution in [2.75, 3.05) is 26.8 Å². The minimum absolute atomic E-state index is 0.152. The van der Waals surface area contributed by atoms with E-state index in [2.05, 4.69) is 5.32 Å². The van der Waals surface area contributed by atoms with Gasteiger partial charge in [-0.05, 0) is 6.07 Å². The van der Waals surface area contributed by atoms with Gasteiger partial charge in [0.2, 0.25) is 0 Å². The van der Waals surface area contributed by atoms with Gasteiger partial charge in [0.05, 0.1) is 6.61 Å². The maximum absolute atomic E-state index is 13.4. The molecule has 1 atom stereocenters. The number of ether oxygens (including phenoxy) is 1. The molecule has 1 rings (SSSR count). The second kappa shape index (κ2) is 6.50. The van der Waals surface area contributed by atoms with Crippen LogP contribution in [0.2, 0.25) is 0 Å². The molecule has 1 aromatic carbocycles. The number of hydrogen-bond acceptors (Lipinski definition) is 3. The van der Waals surface area contributed by atoms with Crippen LogP contribution in [-0.4, -0.2) is 26.8 Å². The van der Waals surface area contributed by atoms with E-state index in [4.69, 9.17) is 10.5 Å². The molecule has 1 aromatic rings. The molecule has 84 valence electrons. The summed E-state index contributed by atoms with van der Waals surface area (Å²) in [5, 5.41) is 3.14. The van der Waals surface area contributed by atoms with Crippen LogP contribution in [0.1, 0.15) is 11.6 Å². The average molecular weight is 212 g/mol. The smallest absolute Gasteiger partial charge is 0.128 e. The Hall–Kier alpha value is -0.970. The summed E-state index contributed by atoms with van der Waals surface area (Å²) in [6.45, 7) is 1.61. The summed E-state index contributed by atoms with van der Waals surface area (Å²) >= 11 is 0. The first-order valence-electron chi connectivity index (χ1n) is 4.96. The molecule has 0 aromatic heterocycles. The lowest BCUT2D eigenvalue weighted by Crippen LogP contribution is -2.31. The van der Waals surface area contributed by atoms with E-state index in [-0.39, 0.29) is 11.9 Å². The lowest BCUT2D eigenvalue weighted by Gasteiger charge is -2.17. The van der Waals surface area contributed by atoms with Gasteiger partial charge in [0.25, 0.3) is 0 Å². The molecule has 0 heterocycles. The molecular formula is C11H17FN2O. The van der Waals surface area contributed by atoms with Crippen molar-refractivity contribution < 1.29 is 9.13 Å². The lowest BCUT2D eigenvalue weighted by molar-refractivity contribution is 0.195. The van der Waals surface area contributed by atoms with Crippen molar-refractivity contribution in [1.82, 2.24) is 5.32 Å². The van der Waals surface area contributed by atoms with Crippen LogP contribution >= 0.6 is 0 Å². The van der Waals surface area contributed by atoms with Crippen molar-refractivity contribution in [3.8, 4) is 0 Å². The quantitative estimate of drug-likeness (QED) is 0.693. The van der Waals surface area contributed by atoms with Gasteiger partial charge in [0.15, 0.2) is 0 Å². The fourth-order valence-corrected chi connectivity index (χ4v) is 1.41. The third-order valence-electron chi connectivity index (χ3n) is 2.21. The molecule has 0 radical (unpaired) electrons. The van der Waals surface area contributed by atoms with Crippen molar-refractivity contribution in [1.29, 1.82) is 0 Å². The van der Waals surface area contributed by atoms with E-state index in [1.54, 1.807) is 25.3 Å². The summed E-state index contributed by atoms with van der Waals surface area (Å²) in [6, 6.07) is 6.50. The first kappa shape index (κ1) is 12.1. The number of methoxy groups -OCH3 is 1. The molecule has 0 fully saturated rings. The minimum Gasteiger partial charge on any atom is -0.383 e. The molecule has 0 saturated carbocycles. The average Bonchev–Trinajstić information content (AvgIpc) is 2.26. The Balaban J connectivity index is 2.61. The Morgan fingerprint density at radius 3 is 2.80 bits per heavy atom. The zero-order chi connectivity index (χ0) is 11.1. The van der Waals surface area contributed by atoms with Gasteiger partial charge in [-0.1, -0.05) is 18.2 Å². The Morgan fingerprint density at radius 2 is 2.20 bits per heavy atom. The van der Waals surface area contributed by atoms with E-state index in [1.165, 1.54) is 6.07 Å². The number of benzene rings is 1. The van der Waals surface area contributed by atoms with Crippen molar-refractivity contribution in [3.05, 3.63) is 35.6 Å². The number of nitrogens with two attached hydrogens (primary N) is 1. The Labute approximate surface area is 89.4 Å². The van der Waals surface area contributed by atoms with Crippen molar-refractivity contribution >= 4 is 0 Å². The van der Waals surface area contributed by atoms with Crippen LogP contribution in [0.3, 0.4) is 0 Å². The fraction of sp³-hybridized carbons (Fsp3) is 0.455. The van der Waals surface area contributed by atoms with Gasteiger partial charge in [0.1, 0.15) is 5.82 Å². The van der Waals surface area contributed by atoms with Gasteiger partial charge in [0, 0.05) is 31.8 Å². The van der Waals surface area contributed by atoms with Gasteiger partial charge < -0.3 is 15.8 Å². The summed E-state index contributed by atoms with van der Waals surface area (Å²) in [6.07, 6.45) is 0. The minimum atomic E-state index is -0.224. The normalized spacial score (nSPS) is 12.7. The van der Waals surface area contributed by atoms with E-state index >= 15 is 0 Å². The fourth-order valence-electron chi connectivity index (χ4n) is 1.41. The third kappa shape index (κ3) is 3.58. The van der Waals surface area contributed by atoms with Crippen LogP contribution in [0.5, 0.6) is 0 Å². The third-order valence-corrected chi connectivity index (χ3v) is 2.21. The molecule has 0 amide bonds. The second-order valence-corrected chi connectivity index (χ2v) is 3.26. The van der Waals surface area contributed by atoms with Gasteiger partial charge >= 0.3 is 0 Å². The predicted molar refractivity (Wildman–Crippen MR) is 58.1 cm³/mol. The van der Waals surface area contributed by atoms with E-state index in [0.29, 0.717) is 25.3 Å². The van der Waals surface area contributed by atoms with E-state index in [1.807, 2.05) is 0 Å². The van der Waals surface area contributed by atoms with Gasteiger partial charge in [-0.25, -0.2) is 4.39 Å². The molecule has 1 unspecified atom stereocenters. The molecule has 15 heavy (non-hydrogen) atoms. The Bertz CT molecular complexity index is 294. The Morgan fingerprint density at radius 1 is 1.47 bits per heavy atom. The van der Waals surface area contributed by atoms with Gasteiger partial charge in [-0.3, -0.25) is 0 Å². The summed E-state index contributed by atoms with van der Waals surface area (Å²) in [7, 11) is 1.63. The number of rotatable bonds is 6. The topological polar surface area (TPSA) is 47.3 Å². The molecule has 0 spiro atoms. The van der Waals surface area contributed by atoms with Crippen LogP contribution in [0, 0.1) is 5.82 Å². The maximum Gasteiger partial charge on any atom is 0.128 e. The first-order valence-corrected chi connectivity index (χ1v) is 4.96. The van der Waals surface area contributed by atoms with Crippen molar-refractivity contribution in [2.45, 2.75) is 6.04 Å². The van der Waals surface area contributed by atoms with Gasteiger partial charge in [-0.15, -0.1) is 0 Å². The van der Waals surface area contributed by atoms with E-state index < -0.39 is 0 Å². The number of nitrogens with one attached hydrogen (secondary N) is 1. The summed E-state index contributed by atoms with van der Waals surface area (Å²) in [5.74, 6) is -0.224. The molecule has 3 N–H and O–H groups in total. The second-order valence-electron chi connectivity index (χ2n) is 3.26. The monoisotopic (exact) mass is 212 g/mol. The van der Waals surface area contributed by atoms with Crippen LogP contribution in [-0.2, 0) is 4.74 Å². The zero-order valence-electron chi connectivity index (χ0n) is 8.87. The number of hydrogen-bond donors (Lipinski definition) is 2. The predicted octanol–water partition coefficient (Wildman–Crippen LogP) is 1.06. The van der Waals surface area contributed by atoms with Crippen LogP contribution in [0.15, 0.2) is 24.3 Å². The summed E-state index contributed by atoms with van der Waals surface area (Å²) < 4.78 is 18.3. The largest absolute Gasteiger partial charge is 0.383 e. The summed E-state index contributed by atoms with van der Waals surface area (Å²) in [4.78, 5) is 0.